The van der Waals surface area contributed by atoms with Crippen LogP contribution in [-0.4, -0.2) is 30.6 Å². The van der Waals surface area contributed by atoms with E-state index in [-0.39, 0.29) is 5.82 Å². The van der Waals surface area contributed by atoms with Crippen molar-refractivity contribution in [2.24, 2.45) is 0 Å². The van der Waals surface area contributed by atoms with Crippen molar-refractivity contribution in [3.63, 3.8) is 0 Å². The van der Waals surface area contributed by atoms with Gasteiger partial charge in [-0.1, -0.05) is 11.6 Å². The molecule has 0 bridgehead atoms. The summed E-state index contributed by atoms with van der Waals surface area (Å²) < 4.78 is 13.1. The summed E-state index contributed by atoms with van der Waals surface area (Å²) in [7, 11) is 0. The van der Waals surface area contributed by atoms with E-state index in [1.807, 2.05) is 6.07 Å². The molecule has 0 radical (unpaired) electrons. The zero-order valence-corrected chi connectivity index (χ0v) is 10.1. The molecule has 0 spiro atoms. The molecule has 1 aromatic rings. The van der Waals surface area contributed by atoms with E-state index in [0.29, 0.717) is 11.1 Å². The number of rotatable bonds is 2. The molecular formula is C12H16ClFN2. The molecule has 2 nitrogen and oxygen atoms in total. The Bertz CT molecular complexity index is 350. The van der Waals surface area contributed by atoms with Gasteiger partial charge in [-0.3, -0.25) is 4.90 Å². The van der Waals surface area contributed by atoms with E-state index in [0.717, 1.165) is 31.7 Å². The van der Waals surface area contributed by atoms with Gasteiger partial charge in [0.15, 0.2) is 0 Å². The maximum Gasteiger partial charge on any atom is 0.125 e. The van der Waals surface area contributed by atoms with Crippen LogP contribution in [0.1, 0.15) is 12.5 Å². The molecule has 0 aromatic heterocycles. The third-order valence-electron chi connectivity index (χ3n) is 2.78. The van der Waals surface area contributed by atoms with Gasteiger partial charge in [0.25, 0.3) is 0 Å². The van der Waals surface area contributed by atoms with Crippen LogP contribution in [0.4, 0.5) is 4.39 Å². The van der Waals surface area contributed by atoms with Gasteiger partial charge in [0.05, 0.1) is 0 Å². The van der Waals surface area contributed by atoms with Crippen molar-refractivity contribution in [1.82, 2.24) is 10.2 Å². The number of hydrogen-bond acceptors (Lipinski definition) is 2. The van der Waals surface area contributed by atoms with Crippen molar-refractivity contribution in [2.75, 3.05) is 19.6 Å². The predicted octanol–water partition coefficient (Wildman–Crippen LogP) is 2.27. The van der Waals surface area contributed by atoms with Crippen LogP contribution in [0.2, 0.25) is 5.02 Å². The Balaban J connectivity index is 2.02. The average Bonchev–Trinajstić information content (AvgIpc) is 2.15. The molecule has 88 valence electrons. The third-order valence-corrected chi connectivity index (χ3v) is 3.00. The summed E-state index contributed by atoms with van der Waals surface area (Å²) in [4.78, 5) is 2.31. The minimum atomic E-state index is -0.259. The second-order valence-electron chi connectivity index (χ2n) is 4.37. The van der Waals surface area contributed by atoms with Crippen molar-refractivity contribution in [3.8, 4) is 0 Å². The third kappa shape index (κ3) is 3.17. The standard InChI is InChI=1S/C12H16ClFN2/c1-9-7-16(3-2-15-9)8-10-4-11(13)6-12(14)5-10/h4-6,9,15H,2-3,7-8H2,1H3/t9-/m0/s1. The second kappa shape index (κ2) is 5.13. The van der Waals surface area contributed by atoms with Crippen molar-refractivity contribution < 1.29 is 4.39 Å². The number of nitrogens with one attached hydrogen (secondary N) is 1. The SMILES string of the molecule is C[C@H]1CN(Cc2cc(F)cc(Cl)c2)CCN1. The van der Waals surface area contributed by atoms with Crippen molar-refractivity contribution in [1.29, 1.82) is 0 Å². The van der Waals surface area contributed by atoms with Gasteiger partial charge in [-0.05, 0) is 30.7 Å². The summed E-state index contributed by atoms with van der Waals surface area (Å²) in [5, 5.41) is 3.85. The monoisotopic (exact) mass is 242 g/mol. The molecule has 0 amide bonds. The zero-order chi connectivity index (χ0) is 11.5. The van der Waals surface area contributed by atoms with Crippen LogP contribution in [0.5, 0.6) is 0 Å². The first-order chi connectivity index (χ1) is 7.63. The van der Waals surface area contributed by atoms with E-state index < -0.39 is 0 Å². The average molecular weight is 243 g/mol. The van der Waals surface area contributed by atoms with E-state index >= 15 is 0 Å². The highest BCUT2D eigenvalue weighted by molar-refractivity contribution is 6.30. The van der Waals surface area contributed by atoms with E-state index in [9.17, 15) is 4.39 Å². The molecule has 0 unspecified atom stereocenters. The maximum absolute atomic E-state index is 13.1. The lowest BCUT2D eigenvalue weighted by Crippen LogP contribution is -2.48. The summed E-state index contributed by atoms with van der Waals surface area (Å²) >= 11 is 5.83. The van der Waals surface area contributed by atoms with E-state index in [1.54, 1.807) is 6.07 Å². The van der Waals surface area contributed by atoms with Gasteiger partial charge >= 0.3 is 0 Å². The fraction of sp³-hybridized carbons (Fsp3) is 0.500. The molecule has 1 N–H and O–H groups in total. The highest BCUT2D eigenvalue weighted by atomic mass is 35.5. The number of hydrogen-bond donors (Lipinski definition) is 1. The first kappa shape index (κ1) is 11.8. The Kier molecular flexibility index (Phi) is 3.79. The van der Waals surface area contributed by atoms with E-state index in [4.69, 9.17) is 11.6 Å². The molecule has 4 heteroatoms. The fourth-order valence-electron chi connectivity index (χ4n) is 2.12. The Morgan fingerprint density at radius 1 is 1.50 bits per heavy atom. The van der Waals surface area contributed by atoms with Gasteiger partial charge in [-0.25, -0.2) is 4.39 Å². The van der Waals surface area contributed by atoms with Crippen LogP contribution in [0, 0.1) is 5.82 Å². The Hall–Kier alpha value is -0.640. The summed E-state index contributed by atoms with van der Waals surface area (Å²) in [6.07, 6.45) is 0. The first-order valence-corrected chi connectivity index (χ1v) is 5.92. The minimum Gasteiger partial charge on any atom is -0.312 e. The van der Waals surface area contributed by atoms with E-state index in [2.05, 4.69) is 17.1 Å². The van der Waals surface area contributed by atoms with Crippen LogP contribution in [-0.2, 0) is 6.54 Å². The quantitative estimate of drug-likeness (QED) is 0.856. The lowest BCUT2D eigenvalue weighted by atomic mass is 10.1. The number of halogens is 2. The fourth-order valence-corrected chi connectivity index (χ4v) is 2.36. The summed E-state index contributed by atoms with van der Waals surface area (Å²) in [6.45, 7) is 5.91. The Labute approximate surface area is 100 Å². The second-order valence-corrected chi connectivity index (χ2v) is 4.80. The Morgan fingerprint density at radius 3 is 3.00 bits per heavy atom. The number of nitrogens with zero attached hydrogens (tertiary/aromatic N) is 1. The van der Waals surface area contributed by atoms with Gasteiger partial charge in [0.2, 0.25) is 0 Å². The first-order valence-electron chi connectivity index (χ1n) is 5.54. The van der Waals surface area contributed by atoms with Crippen molar-refractivity contribution in [3.05, 3.63) is 34.6 Å². The molecule has 1 heterocycles. The highest BCUT2D eigenvalue weighted by Crippen LogP contribution is 2.16. The van der Waals surface area contributed by atoms with Crippen LogP contribution in [0.25, 0.3) is 0 Å². The molecule has 1 aromatic carbocycles. The normalized spacial score (nSPS) is 22.3. The van der Waals surface area contributed by atoms with Gasteiger partial charge in [-0.15, -0.1) is 0 Å². The van der Waals surface area contributed by atoms with Crippen LogP contribution >= 0.6 is 11.6 Å². The molecule has 1 atom stereocenters. The number of piperazine rings is 1. The maximum atomic E-state index is 13.1. The predicted molar refractivity (Wildman–Crippen MR) is 64.2 cm³/mol. The zero-order valence-electron chi connectivity index (χ0n) is 9.34. The molecule has 16 heavy (non-hydrogen) atoms. The lowest BCUT2D eigenvalue weighted by Gasteiger charge is -2.31. The van der Waals surface area contributed by atoms with Crippen molar-refractivity contribution in [2.45, 2.75) is 19.5 Å². The minimum absolute atomic E-state index is 0.259. The van der Waals surface area contributed by atoms with Gasteiger partial charge in [0.1, 0.15) is 5.82 Å². The van der Waals surface area contributed by atoms with Gasteiger partial charge in [0, 0.05) is 37.2 Å². The largest absolute Gasteiger partial charge is 0.312 e. The van der Waals surface area contributed by atoms with Crippen LogP contribution < -0.4 is 5.32 Å². The summed E-state index contributed by atoms with van der Waals surface area (Å²) in [6, 6.07) is 5.22. The van der Waals surface area contributed by atoms with Gasteiger partial charge in [-0.2, -0.15) is 0 Å². The highest BCUT2D eigenvalue weighted by Gasteiger charge is 2.15. The summed E-state index contributed by atoms with van der Waals surface area (Å²) in [5.74, 6) is -0.259. The van der Waals surface area contributed by atoms with Gasteiger partial charge < -0.3 is 5.32 Å². The molecule has 1 saturated heterocycles. The van der Waals surface area contributed by atoms with E-state index in [1.165, 1.54) is 6.07 Å². The van der Waals surface area contributed by atoms with Crippen molar-refractivity contribution >= 4 is 11.6 Å². The topological polar surface area (TPSA) is 15.3 Å². The molecule has 0 aliphatic carbocycles. The van der Waals surface area contributed by atoms with Crippen LogP contribution in [0.15, 0.2) is 18.2 Å². The summed E-state index contributed by atoms with van der Waals surface area (Å²) in [5.41, 5.74) is 0.944. The van der Waals surface area contributed by atoms with Crippen LogP contribution in [0.3, 0.4) is 0 Å². The number of benzene rings is 1. The molecular weight excluding hydrogens is 227 g/mol. The molecule has 1 aliphatic rings. The molecule has 2 rings (SSSR count). The molecule has 0 saturated carbocycles. The smallest absolute Gasteiger partial charge is 0.125 e. The lowest BCUT2D eigenvalue weighted by molar-refractivity contribution is 0.199. The Morgan fingerprint density at radius 2 is 2.31 bits per heavy atom. The molecule has 1 aliphatic heterocycles. The molecule has 1 fully saturated rings.